The van der Waals surface area contributed by atoms with E-state index in [0.717, 1.165) is 5.56 Å². The summed E-state index contributed by atoms with van der Waals surface area (Å²) in [6, 6.07) is 8.68. The Bertz CT molecular complexity index is 1080. The molecule has 8 nitrogen and oxygen atoms in total. The molecule has 0 saturated heterocycles. The normalized spacial score (nSPS) is 13.1. The van der Waals surface area contributed by atoms with Crippen molar-refractivity contribution in [2.75, 3.05) is 25.6 Å². The first-order valence-electron chi connectivity index (χ1n) is 8.31. The lowest BCUT2D eigenvalue weighted by molar-refractivity contribution is -0.111. The van der Waals surface area contributed by atoms with E-state index in [2.05, 4.69) is 15.3 Å². The number of carbonyl (C=O) groups is 1. The lowest BCUT2D eigenvalue weighted by atomic mass is 10.1. The van der Waals surface area contributed by atoms with Gasteiger partial charge in [0.25, 0.3) is 0 Å². The van der Waals surface area contributed by atoms with Gasteiger partial charge in [-0.1, -0.05) is 0 Å². The molecule has 4 rings (SSSR count). The van der Waals surface area contributed by atoms with E-state index in [1.165, 1.54) is 6.08 Å². The fourth-order valence-corrected chi connectivity index (χ4v) is 2.86. The van der Waals surface area contributed by atoms with E-state index < -0.39 is 0 Å². The average Bonchev–Trinajstić information content (AvgIpc) is 3.05. The first kappa shape index (κ1) is 16.8. The van der Waals surface area contributed by atoms with E-state index in [1.54, 1.807) is 43.5 Å². The molecule has 1 aromatic heterocycles. The Kier molecular flexibility index (Phi) is 4.29. The van der Waals surface area contributed by atoms with Crippen molar-refractivity contribution in [2.45, 2.75) is 0 Å². The monoisotopic (exact) mass is 367 g/mol. The van der Waals surface area contributed by atoms with Crippen LogP contribution in [-0.4, -0.2) is 36.2 Å². The summed E-state index contributed by atoms with van der Waals surface area (Å²) in [5, 5.41) is 2.76. The van der Waals surface area contributed by atoms with Gasteiger partial charge in [-0.05, 0) is 42.0 Å². The number of hydrogen-bond donors (Lipinski definition) is 3. The Morgan fingerprint density at radius 1 is 1.15 bits per heavy atom. The van der Waals surface area contributed by atoms with Crippen molar-refractivity contribution in [1.82, 2.24) is 9.97 Å². The first-order chi connectivity index (χ1) is 13.1. The third-order valence-electron chi connectivity index (χ3n) is 4.06. The molecule has 0 fully saturated rings. The van der Waals surface area contributed by atoms with Crippen LogP contribution in [0.5, 0.6) is 17.2 Å². The number of H-pyrrole nitrogens is 2. The van der Waals surface area contributed by atoms with E-state index in [4.69, 9.17) is 14.2 Å². The molecule has 2 aromatic carbocycles. The van der Waals surface area contributed by atoms with Crippen molar-refractivity contribution >= 4 is 28.7 Å². The van der Waals surface area contributed by atoms with Gasteiger partial charge < -0.3 is 29.5 Å². The number of aromatic amines is 2. The molecule has 0 unspecified atom stereocenters. The molecule has 0 radical (unpaired) electrons. The van der Waals surface area contributed by atoms with Gasteiger partial charge in [-0.2, -0.15) is 0 Å². The highest BCUT2D eigenvalue weighted by molar-refractivity contribution is 6.02. The number of hydrogen-bond acceptors (Lipinski definition) is 5. The molecule has 0 aliphatic carbocycles. The molecular weight excluding hydrogens is 350 g/mol. The van der Waals surface area contributed by atoms with Crippen LogP contribution >= 0.6 is 0 Å². The number of fused-ring (bicyclic) bond motifs is 2. The molecule has 3 N–H and O–H groups in total. The van der Waals surface area contributed by atoms with Gasteiger partial charge in [-0.25, -0.2) is 4.79 Å². The van der Waals surface area contributed by atoms with Gasteiger partial charge in [0.2, 0.25) is 11.7 Å². The van der Waals surface area contributed by atoms with Crippen LogP contribution in [-0.2, 0) is 4.79 Å². The maximum Gasteiger partial charge on any atom is 0.323 e. The lowest BCUT2D eigenvalue weighted by Crippen LogP contribution is -2.16. The average molecular weight is 367 g/mol. The summed E-state index contributed by atoms with van der Waals surface area (Å²) in [7, 11) is 1.55. The Labute approximate surface area is 153 Å². The SMILES string of the molecule is COc1cc(C=CC(=O)Nc2ccc3[nH]c(=O)[nH]c3c2)cc2c1OCCO2. The van der Waals surface area contributed by atoms with Gasteiger partial charge in [0.1, 0.15) is 13.2 Å². The topological polar surface area (TPSA) is 105 Å². The van der Waals surface area contributed by atoms with Crippen molar-refractivity contribution < 1.29 is 19.0 Å². The molecule has 0 atom stereocenters. The van der Waals surface area contributed by atoms with Crippen molar-refractivity contribution in [1.29, 1.82) is 0 Å². The number of amides is 1. The summed E-state index contributed by atoms with van der Waals surface area (Å²) in [5.74, 6) is 1.40. The molecule has 0 spiro atoms. The van der Waals surface area contributed by atoms with E-state index in [-0.39, 0.29) is 11.6 Å². The Morgan fingerprint density at radius 2 is 1.96 bits per heavy atom. The zero-order valence-corrected chi connectivity index (χ0v) is 14.5. The van der Waals surface area contributed by atoms with Gasteiger partial charge in [0, 0.05) is 11.8 Å². The summed E-state index contributed by atoms with van der Waals surface area (Å²) in [4.78, 5) is 28.8. The molecule has 1 aliphatic heterocycles. The quantitative estimate of drug-likeness (QED) is 0.614. The zero-order valence-electron chi connectivity index (χ0n) is 14.5. The van der Waals surface area contributed by atoms with Crippen LogP contribution in [0.1, 0.15) is 5.56 Å². The third kappa shape index (κ3) is 3.50. The fourth-order valence-electron chi connectivity index (χ4n) is 2.86. The first-order valence-corrected chi connectivity index (χ1v) is 8.31. The number of benzene rings is 2. The molecule has 0 bridgehead atoms. The predicted molar refractivity (Wildman–Crippen MR) is 101 cm³/mol. The smallest absolute Gasteiger partial charge is 0.323 e. The zero-order chi connectivity index (χ0) is 18.8. The number of imidazole rings is 1. The number of rotatable bonds is 4. The minimum Gasteiger partial charge on any atom is -0.493 e. The minimum absolute atomic E-state index is 0.291. The van der Waals surface area contributed by atoms with Gasteiger partial charge in [0.05, 0.1) is 18.1 Å². The van der Waals surface area contributed by atoms with Crippen LogP contribution in [0.4, 0.5) is 5.69 Å². The lowest BCUT2D eigenvalue weighted by Gasteiger charge is -2.20. The largest absolute Gasteiger partial charge is 0.493 e. The predicted octanol–water partition coefficient (Wildman–Crippen LogP) is 2.29. The summed E-state index contributed by atoms with van der Waals surface area (Å²) < 4.78 is 16.5. The van der Waals surface area contributed by atoms with Crippen molar-refractivity contribution in [3.8, 4) is 17.2 Å². The second-order valence-corrected chi connectivity index (χ2v) is 5.91. The summed E-state index contributed by atoms with van der Waals surface area (Å²) in [5.41, 5.74) is 2.33. The number of anilines is 1. The van der Waals surface area contributed by atoms with Crippen molar-refractivity contribution in [2.24, 2.45) is 0 Å². The van der Waals surface area contributed by atoms with Crippen LogP contribution in [0.2, 0.25) is 0 Å². The maximum atomic E-state index is 12.2. The standard InChI is InChI=1S/C19H17N3O5/c1-25-15-8-11(9-16-18(15)27-7-6-26-16)2-5-17(23)20-12-3-4-13-14(10-12)22-19(24)21-13/h2-5,8-10H,6-7H2,1H3,(H,20,23)(H2,21,22,24). The van der Waals surface area contributed by atoms with Crippen LogP contribution in [0, 0.1) is 0 Å². The van der Waals surface area contributed by atoms with E-state index in [1.807, 2.05) is 0 Å². The highest BCUT2D eigenvalue weighted by Gasteiger charge is 2.17. The summed E-state index contributed by atoms with van der Waals surface area (Å²) >= 11 is 0. The van der Waals surface area contributed by atoms with Crippen LogP contribution in [0.15, 0.2) is 41.2 Å². The van der Waals surface area contributed by atoms with E-state index in [0.29, 0.717) is 47.2 Å². The second kappa shape index (κ2) is 6.91. The second-order valence-electron chi connectivity index (χ2n) is 5.91. The van der Waals surface area contributed by atoms with Gasteiger partial charge in [-0.3, -0.25) is 4.79 Å². The highest BCUT2D eigenvalue weighted by atomic mass is 16.6. The molecule has 8 heteroatoms. The van der Waals surface area contributed by atoms with Crippen LogP contribution < -0.4 is 25.2 Å². The van der Waals surface area contributed by atoms with E-state index in [9.17, 15) is 9.59 Å². The summed E-state index contributed by atoms with van der Waals surface area (Å²) in [6.45, 7) is 0.936. The number of aromatic nitrogens is 2. The van der Waals surface area contributed by atoms with Crippen LogP contribution in [0.25, 0.3) is 17.1 Å². The fraction of sp³-hybridized carbons (Fsp3) is 0.158. The van der Waals surface area contributed by atoms with Crippen LogP contribution in [0.3, 0.4) is 0 Å². The van der Waals surface area contributed by atoms with Crippen molar-refractivity contribution in [3.05, 3.63) is 52.5 Å². The maximum absolute atomic E-state index is 12.2. The molecule has 138 valence electrons. The van der Waals surface area contributed by atoms with E-state index >= 15 is 0 Å². The summed E-state index contributed by atoms with van der Waals surface area (Å²) in [6.07, 6.45) is 3.07. The highest BCUT2D eigenvalue weighted by Crippen LogP contribution is 2.40. The Balaban J connectivity index is 1.51. The van der Waals surface area contributed by atoms with Gasteiger partial charge in [0.15, 0.2) is 11.5 Å². The number of carbonyl (C=O) groups excluding carboxylic acids is 1. The van der Waals surface area contributed by atoms with Crippen molar-refractivity contribution in [3.63, 3.8) is 0 Å². The molecule has 1 aliphatic rings. The molecule has 2 heterocycles. The Hall–Kier alpha value is -3.68. The number of methoxy groups -OCH3 is 1. The number of nitrogens with one attached hydrogen (secondary N) is 3. The number of ether oxygens (including phenoxy) is 3. The van der Waals surface area contributed by atoms with Gasteiger partial charge >= 0.3 is 5.69 Å². The Morgan fingerprint density at radius 3 is 2.81 bits per heavy atom. The molecular formula is C19H17N3O5. The van der Waals surface area contributed by atoms with Gasteiger partial charge in [-0.15, -0.1) is 0 Å². The molecule has 3 aromatic rings. The molecule has 1 amide bonds. The minimum atomic E-state index is -0.305. The molecule has 0 saturated carbocycles. The molecule has 27 heavy (non-hydrogen) atoms. The third-order valence-corrected chi connectivity index (χ3v) is 4.06.